The van der Waals surface area contributed by atoms with Gasteiger partial charge in [0, 0.05) is 17.7 Å². The summed E-state index contributed by atoms with van der Waals surface area (Å²) in [4.78, 5) is 47.4. The number of carbonyl (C=O) groups excluding carboxylic acids is 2. The van der Waals surface area contributed by atoms with E-state index in [2.05, 4.69) is 4.99 Å². The van der Waals surface area contributed by atoms with Crippen LogP contribution in [0.25, 0.3) is 12.2 Å². The summed E-state index contributed by atoms with van der Waals surface area (Å²) in [7, 11) is 0. The number of unbranched alkanes of at least 4 members (excludes halogenated alkanes) is 2. The van der Waals surface area contributed by atoms with Crippen LogP contribution in [0.5, 0.6) is 0 Å². The van der Waals surface area contributed by atoms with Crippen molar-refractivity contribution < 1.29 is 19.4 Å². The summed E-state index contributed by atoms with van der Waals surface area (Å²) in [6.45, 7) is 7.42. The van der Waals surface area contributed by atoms with E-state index in [-0.39, 0.29) is 28.5 Å². The molecule has 11 nitrogen and oxygen atoms in total. The van der Waals surface area contributed by atoms with Crippen molar-refractivity contribution in [1.82, 2.24) is 0 Å². The molecule has 0 spiro atoms. The molecule has 1 amide bonds. The summed E-state index contributed by atoms with van der Waals surface area (Å²) in [5, 5.41) is 21.4. The number of benzene rings is 2. The normalized spacial score (nSPS) is 10.7. The fourth-order valence-electron chi connectivity index (χ4n) is 3.39. The van der Waals surface area contributed by atoms with Crippen LogP contribution in [0.4, 0.5) is 11.4 Å². The molecule has 0 aromatic heterocycles. The van der Waals surface area contributed by atoms with Gasteiger partial charge in [-0.05, 0) is 61.5 Å². The highest BCUT2D eigenvalue weighted by Gasteiger charge is 2.19. The standard InChI is InChI=1S/C14H18N4O3.C13H14ClNO3/c1-3-4-5-6-10-7-9(2)11(8-12(10)18(20)21)13(19)17-14(15)16;1-3-4-5-6-10-7-9(2)11(13(14)16)8-12(10)15(17)18/h5-8H,3-4H2,1-2H3,(H4,15,16,17,19);5-8H,3-4H2,1-2H3. The Labute approximate surface area is 231 Å². The molecule has 0 heterocycles. The van der Waals surface area contributed by atoms with E-state index >= 15 is 0 Å². The van der Waals surface area contributed by atoms with Crippen LogP contribution < -0.4 is 11.5 Å². The second kappa shape index (κ2) is 15.8. The number of nitro benzene ring substituents is 2. The summed E-state index contributed by atoms with van der Waals surface area (Å²) < 4.78 is 0. The van der Waals surface area contributed by atoms with E-state index in [1.807, 2.05) is 26.0 Å². The highest BCUT2D eigenvalue weighted by molar-refractivity contribution is 6.68. The molecular weight excluding hydrogens is 526 g/mol. The van der Waals surface area contributed by atoms with Crippen molar-refractivity contribution in [3.8, 4) is 0 Å². The number of hydrogen-bond donors (Lipinski definition) is 2. The van der Waals surface area contributed by atoms with E-state index in [0.29, 0.717) is 22.3 Å². The number of halogens is 1. The quantitative estimate of drug-likeness (QED) is 0.113. The van der Waals surface area contributed by atoms with Gasteiger partial charge >= 0.3 is 0 Å². The average molecular weight is 558 g/mol. The average Bonchev–Trinajstić information content (AvgIpc) is 2.83. The van der Waals surface area contributed by atoms with Gasteiger partial charge in [0.15, 0.2) is 5.96 Å². The third-order valence-corrected chi connectivity index (χ3v) is 5.52. The fourth-order valence-corrected chi connectivity index (χ4v) is 3.60. The molecule has 0 aliphatic heterocycles. The van der Waals surface area contributed by atoms with Crippen molar-refractivity contribution in [3.05, 3.63) is 90.0 Å². The SMILES string of the molecule is CCCC=Cc1cc(C)c(C(=O)Cl)cc1[N+](=O)[O-].CCCC=Cc1cc(C)c(C(=O)N=C(N)N)cc1[N+](=O)[O-]. The van der Waals surface area contributed by atoms with E-state index in [1.54, 1.807) is 38.1 Å². The van der Waals surface area contributed by atoms with Crippen molar-refractivity contribution >= 4 is 52.2 Å². The van der Waals surface area contributed by atoms with Crippen molar-refractivity contribution in [3.63, 3.8) is 0 Å². The number of aryl methyl sites for hydroxylation is 2. The summed E-state index contributed by atoms with van der Waals surface area (Å²) >= 11 is 5.38. The van der Waals surface area contributed by atoms with Crippen LogP contribution in [0.1, 0.15) is 82.5 Å². The van der Waals surface area contributed by atoms with E-state index in [4.69, 9.17) is 23.1 Å². The third-order valence-electron chi connectivity index (χ3n) is 5.32. The molecule has 2 rings (SSSR count). The molecule has 0 aliphatic carbocycles. The van der Waals surface area contributed by atoms with Gasteiger partial charge in [-0.2, -0.15) is 4.99 Å². The smallest absolute Gasteiger partial charge is 0.280 e. The van der Waals surface area contributed by atoms with Crippen LogP contribution in [-0.4, -0.2) is 27.0 Å². The fraction of sp³-hybridized carbons (Fsp3) is 0.296. The van der Waals surface area contributed by atoms with Crippen LogP contribution in [0.3, 0.4) is 0 Å². The van der Waals surface area contributed by atoms with Gasteiger partial charge in [-0.25, -0.2) is 0 Å². The third kappa shape index (κ3) is 10.1. The molecule has 0 saturated heterocycles. The number of nitrogens with zero attached hydrogens (tertiary/aromatic N) is 3. The number of nitro groups is 2. The van der Waals surface area contributed by atoms with Crippen LogP contribution in [-0.2, 0) is 0 Å². The number of guanidine groups is 1. The van der Waals surface area contributed by atoms with Crippen molar-refractivity contribution in [1.29, 1.82) is 0 Å². The molecule has 0 atom stereocenters. The summed E-state index contributed by atoms with van der Waals surface area (Å²) in [6, 6.07) is 5.63. The molecule has 4 N–H and O–H groups in total. The topological polar surface area (TPSA) is 185 Å². The van der Waals surface area contributed by atoms with E-state index < -0.39 is 21.0 Å². The van der Waals surface area contributed by atoms with Crippen molar-refractivity contribution in [2.24, 2.45) is 16.5 Å². The first-order valence-electron chi connectivity index (χ1n) is 12.1. The number of hydrogen-bond acceptors (Lipinski definition) is 6. The Bertz CT molecular complexity index is 1330. The monoisotopic (exact) mass is 557 g/mol. The number of aliphatic imine (C=N–C) groups is 1. The molecule has 0 unspecified atom stereocenters. The van der Waals surface area contributed by atoms with Gasteiger partial charge in [-0.3, -0.25) is 29.8 Å². The van der Waals surface area contributed by atoms with Crippen LogP contribution in [0, 0.1) is 34.1 Å². The predicted octanol–water partition coefficient (Wildman–Crippen LogP) is 6.23. The minimum Gasteiger partial charge on any atom is -0.370 e. The van der Waals surface area contributed by atoms with Crippen molar-refractivity contribution in [2.45, 2.75) is 53.4 Å². The molecule has 0 saturated carbocycles. The molecule has 12 heteroatoms. The predicted molar refractivity (Wildman–Crippen MR) is 154 cm³/mol. The lowest BCUT2D eigenvalue weighted by Gasteiger charge is -2.05. The second-order valence-corrected chi connectivity index (χ2v) is 8.81. The molecule has 0 radical (unpaired) electrons. The molecule has 0 fully saturated rings. The number of amides is 1. The number of rotatable bonds is 10. The first-order valence-corrected chi connectivity index (χ1v) is 12.5. The number of nitrogens with two attached hydrogens (primary N) is 2. The molecule has 0 aliphatic rings. The van der Waals surface area contributed by atoms with Gasteiger partial charge in [0.1, 0.15) is 0 Å². The molecule has 208 valence electrons. The van der Waals surface area contributed by atoms with E-state index in [0.717, 1.165) is 25.7 Å². The zero-order chi connectivity index (χ0) is 29.7. The van der Waals surface area contributed by atoms with E-state index in [1.165, 1.54) is 12.1 Å². The number of allylic oxidation sites excluding steroid dienone is 2. The van der Waals surface area contributed by atoms with Gasteiger partial charge in [0.25, 0.3) is 22.5 Å². The Morgan fingerprint density at radius 2 is 1.26 bits per heavy atom. The Morgan fingerprint density at radius 3 is 1.62 bits per heavy atom. The zero-order valence-electron chi connectivity index (χ0n) is 22.3. The zero-order valence-corrected chi connectivity index (χ0v) is 23.0. The molecule has 0 bridgehead atoms. The number of carbonyl (C=O) groups is 2. The Balaban J connectivity index is 0.000000395. The van der Waals surface area contributed by atoms with Crippen LogP contribution in [0.15, 0.2) is 41.4 Å². The second-order valence-electron chi connectivity index (χ2n) is 8.46. The summed E-state index contributed by atoms with van der Waals surface area (Å²) in [5.41, 5.74) is 12.5. The lowest BCUT2D eigenvalue weighted by Crippen LogP contribution is -2.24. The van der Waals surface area contributed by atoms with Gasteiger partial charge in [0.05, 0.1) is 26.5 Å². The van der Waals surface area contributed by atoms with Gasteiger partial charge < -0.3 is 11.5 Å². The maximum absolute atomic E-state index is 11.8. The first kappa shape index (κ1) is 32.6. The lowest BCUT2D eigenvalue weighted by molar-refractivity contribution is -0.385. The maximum Gasteiger partial charge on any atom is 0.280 e. The molecular formula is C27H32ClN5O6. The minimum atomic E-state index is -0.695. The highest BCUT2D eigenvalue weighted by Crippen LogP contribution is 2.27. The largest absolute Gasteiger partial charge is 0.370 e. The Morgan fingerprint density at radius 1 is 0.846 bits per heavy atom. The maximum atomic E-state index is 11.8. The Hall–Kier alpha value is -4.38. The van der Waals surface area contributed by atoms with Crippen LogP contribution in [0.2, 0.25) is 0 Å². The first-order chi connectivity index (χ1) is 18.3. The lowest BCUT2D eigenvalue weighted by atomic mass is 10.0. The Kier molecular flexibility index (Phi) is 13.2. The highest BCUT2D eigenvalue weighted by atomic mass is 35.5. The van der Waals surface area contributed by atoms with Crippen molar-refractivity contribution in [2.75, 3.05) is 0 Å². The summed E-state index contributed by atoms with van der Waals surface area (Å²) in [6.07, 6.45) is 10.7. The molecule has 2 aromatic rings. The minimum absolute atomic E-state index is 0.100. The van der Waals surface area contributed by atoms with Gasteiger partial charge in [0.2, 0.25) is 0 Å². The van der Waals surface area contributed by atoms with Crippen LogP contribution >= 0.6 is 11.6 Å². The molecule has 2 aromatic carbocycles. The van der Waals surface area contributed by atoms with Gasteiger partial charge in [-0.1, -0.05) is 51.0 Å². The van der Waals surface area contributed by atoms with Gasteiger partial charge in [-0.15, -0.1) is 0 Å². The van der Waals surface area contributed by atoms with E-state index in [9.17, 15) is 29.8 Å². The molecule has 39 heavy (non-hydrogen) atoms. The summed E-state index contributed by atoms with van der Waals surface area (Å²) in [5.74, 6) is -1.08.